The topological polar surface area (TPSA) is 83.5 Å². The lowest BCUT2D eigenvalue weighted by molar-refractivity contribution is -0.146. The van der Waals surface area contributed by atoms with Crippen LogP contribution in [0.25, 0.3) is 0 Å². The van der Waals surface area contributed by atoms with Crippen LogP contribution < -0.4 is 14.2 Å². The quantitative estimate of drug-likeness (QED) is 0.705. The lowest BCUT2D eigenvalue weighted by atomic mass is 10.1. The zero-order chi connectivity index (χ0) is 19.3. The molecule has 0 bridgehead atoms. The molecule has 0 N–H and O–H groups in total. The summed E-state index contributed by atoms with van der Waals surface area (Å²) in [5.41, 5.74) is 0.154. The maximum atomic E-state index is 12.4. The number of carbonyl (C=O) groups is 2. The van der Waals surface area contributed by atoms with Gasteiger partial charge in [0.2, 0.25) is 0 Å². The maximum Gasteiger partial charge on any atom is 0.342 e. The van der Waals surface area contributed by atoms with Crippen LogP contribution >= 0.6 is 0 Å². The predicted octanol–water partition coefficient (Wildman–Crippen LogP) is 1.50. The number of morpholine rings is 1. The summed E-state index contributed by atoms with van der Waals surface area (Å²) in [5, 5.41) is 0. The van der Waals surface area contributed by atoms with Crippen molar-refractivity contribution in [3.8, 4) is 17.2 Å². The Bertz CT molecular complexity index is 651. The summed E-state index contributed by atoms with van der Waals surface area (Å²) in [7, 11) is 4.38. The molecule has 1 amide bonds. The highest BCUT2D eigenvalue weighted by Gasteiger charge is 2.27. The van der Waals surface area contributed by atoms with Gasteiger partial charge >= 0.3 is 5.97 Å². The van der Waals surface area contributed by atoms with E-state index in [9.17, 15) is 9.59 Å². The van der Waals surface area contributed by atoms with E-state index >= 15 is 0 Å². The largest absolute Gasteiger partial charge is 0.496 e. The van der Waals surface area contributed by atoms with E-state index < -0.39 is 5.97 Å². The molecule has 1 aliphatic heterocycles. The number of hydrogen-bond donors (Lipinski definition) is 0. The van der Waals surface area contributed by atoms with E-state index in [1.54, 1.807) is 4.90 Å². The molecule has 1 heterocycles. The summed E-state index contributed by atoms with van der Waals surface area (Å²) in [6.07, 6.45) is -0.103. The number of methoxy groups -OCH3 is 3. The number of rotatable bonds is 6. The molecule has 2 unspecified atom stereocenters. The van der Waals surface area contributed by atoms with Crippen LogP contribution in [0.4, 0.5) is 0 Å². The highest BCUT2D eigenvalue weighted by Crippen LogP contribution is 2.34. The molecule has 2 rings (SSSR count). The van der Waals surface area contributed by atoms with E-state index in [0.29, 0.717) is 24.6 Å². The first-order valence-electron chi connectivity index (χ1n) is 8.30. The summed E-state index contributed by atoms with van der Waals surface area (Å²) in [4.78, 5) is 26.4. The molecule has 1 aromatic rings. The Kier molecular flexibility index (Phi) is 6.68. The predicted molar refractivity (Wildman–Crippen MR) is 93.0 cm³/mol. The molecule has 1 aromatic carbocycles. The molecule has 26 heavy (non-hydrogen) atoms. The number of hydrogen-bond acceptors (Lipinski definition) is 7. The zero-order valence-electron chi connectivity index (χ0n) is 15.7. The van der Waals surface area contributed by atoms with Gasteiger partial charge in [-0.3, -0.25) is 4.79 Å². The van der Waals surface area contributed by atoms with Crippen LogP contribution in [0.1, 0.15) is 24.2 Å². The smallest absolute Gasteiger partial charge is 0.342 e. The van der Waals surface area contributed by atoms with Crippen molar-refractivity contribution >= 4 is 11.9 Å². The van der Waals surface area contributed by atoms with Gasteiger partial charge in [-0.1, -0.05) is 0 Å². The van der Waals surface area contributed by atoms with Crippen LogP contribution in [0.2, 0.25) is 0 Å². The van der Waals surface area contributed by atoms with Crippen molar-refractivity contribution in [2.24, 2.45) is 0 Å². The number of benzene rings is 1. The van der Waals surface area contributed by atoms with Crippen molar-refractivity contribution in [3.05, 3.63) is 17.7 Å². The molecule has 1 fully saturated rings. The van der Waals surface area contributed by atoms with Gasteiger partial charge in [0.05, 0.1) is 33.5 Å². The van der Waals surface area contributed by atoms with Crippen LogP contribution in [0, 0.1) is 0 Å². The van der Waals surface area contributed by atoms with Gasteiger partial charge in [-0.15, -0.1) is 0 Å². The zero-order valence-corrected chi connectivity index (χ0v) is 15.7. The first kappa shape index (κ1) is 19.8. The fraction of sp³-hybridized carbons (Fsp3) is 0.556. The molecule has 0 aromatic heterocycles. The molecule has 144 valence electrons. The maximum absolute atomic E-state index is 12.4. The minimum atomic E-state index is -0.675. The Morgan fingerprint density at radius 2 is 1.54 bits per heavy atom. The van der Waals surface area contributed by atoms with Gasteiger partial charge in [0, 0.05) is 25.2 Å². The Morgan fingerprint density at radius 3 is 2.08 bits per heavy atom. The highest BCUT2D eigenvalue weighted by atomic mass is 16.5. The molecule has 0 spiro atoms. The van der Waals surface area contributed by atoms with Crippen LogP contribution in [-0.4, -0.2) is 70.0 Å². The molecule has 1 aliphatic rings. The first-order valence-corrected chi connectivity index (χ1v) is 8.30. The van der Waals surface area contributed by atoms with Gasteiger partial charge in [0.15, 0.2) is 18.1 Å². The first-order chi connectivity index (χ1) is 12.4. The van der Waals surface area contributed by atoms with Gasteiger partial charge < -0.3 is 28.6 Å². The minimum absolute atomic E-state index is 0.0515. The molecule has 2 atom stereocenters. The van der Waals surface area contributed by atoms with E-state index in [2.05, 4.69) is 0 Å². The lowest BCUT2D eigenvalue weighted by Gasteiger charge is -2.35. The fourth-order valence-corrected chi connectivity index (χ4v) is 2.87. The highest BCUT2D eigenvalue weighted by molar-refractivity contribution is 5.95. The van der Waals surface area contributed by atoms with Gasteiger partial charge in [-0.2, -0.15) is 0 Å². The van der Waals surface area contributed by atoms with E-state index in [-0.39, 0.29) is 36.0 Å². The Balaban J connectivity index is 2.06. The molecule has 0 saturated carbocycles. The van der Waals surface area contributed by atoms with Crippen LogP contribution in [-0.2, 0) is 14.3 Å². The van der Waals surface area contributed by atoms with Gasteiger partial charge in [-0.05, 0) is 13.8 Å². The van der Waals surface area contributed by atoms with Crippen molar-refractivity contribution < 1.29 is 33.3 Å². The number of amides is 1. The summed E-state index contributed by atoms with van der Waals surface area (Å²) in [6, 6.07) is 2.99. The summed E-state index contributed by atoms with van der Waals surface area (Å²) in [6.45, 7) is 4.39. The van der Waals surface area contributed by atoms with Crippen molar-refractivity contribution in [1.29, 1.82) is 0 Å². The van der Waals surface area contributed by atoms with Crippen LogP contribution in [0.5, 0.6) is 17.2 Å². The number of esters is 1. The number of carbonyl (C=O) groups excluding carboxylic acids is 2. The second-order valence-corrected chi connectivity index (χ2v) is 6.04. The molecule has 0 aliphatic carbocycles. The Labute approximate surface area is 152 Å². The second kappa shape index (κ2) is 8.75. The third kappa shape index (κ3) is 4.57. The van der Waals surface area contributed by atoms with E-state index in [4.69, 9.17) is 23.7 Å². The molecule has 8 nitrogen and oxygen atoms in total. The van der Waals surface area contributed by atoms with Crippen LogP contribution in [0.3, 0.4) is 0 Å². The molecular weight excluding hydrogens is 342 g/mol. The molecule has 1 saturated heterocycles. The molecule has 8 heteroatoms. The van der Waals surface area contributed by atoms with Crippen molar-refractivity contribution in [2.45, 2.75) is 26.1 Å². The monoisotopic (exact) mass is 367 g/mol. The van der Waals surface area contributed by atoms with Gasteiger partial charge in [0.25, 0.3) is 5.91 Å². The van der Waals surface area contributed by atoms with Crippen molar-refractivity contribution in [1.82, 2.24) is 4.90 Å². The average molecular weight is 367 g/mol. The molecular formula is C18H25NO7. The number of ether oxygens (including phenoxy) is 5. The Hall–Kier alpha value is -2.48. The Morgan fingerprint density at radius 1 is 1.00 bits per heavy atom. The van der Waals surface area contributed by atoms with Crippen molar-refractivity contribution in [3.63, 3.8) is 0 Å². The van der Waals surface area contributed by atoms with E-state index in [1.807, 2.05) is 13.8 Å². The summed E-state index contributed by atoms with van der Waals surface area (Å²) in [5.74, 6) is 0.120. The SMILES string of the molecule is COc1cc(OC)c(C(=O)OCC(=O)N2CC(C)OC(C)C2)cc1OC. The van der Waals surface area contributed by atoms with E-state index in [0.717, 1.165) is 0 Å². The molecule has 0 radical (unpaired) electrons. The fourth-order valence-electron chi connectivity index (χ4n) is 2.87. The average Bonchev–Trinajstić information content (AvgIpc) is 2.63. The lowest BCUT2D eigenvalue weighted by Crippen LogP contribution is -2.49. The summed E-state index contributed by atoms with van der Waals surface area (Å²) < 4.78 is 26.4. The number of nitrogens with zero attached hydrogens (tertiary/aromatic N) is 1. The van der Waals surface area contributed by atoms with E-state index in [1.165, 1.54) is 33.5 Å². The van der Waals surface area contributed by atoms with Crippen molar-refractivity contribution in [2.75, 3.05) is 41.0 Å². The standard InChI is InChI=1S/C18H25NO7/c1-11-8-19(9-12(2)26-11)17(20)10-25-18(21)13-6-15(23-4)16(24-5)7-14(13)22-3/h6-7,11-12H,8-10H2,1-5H3. The summed E-state index contributed by atoms with van der Waals surface area (Å²) >= 11 is 0. The second-order valence-electron chi connectivity index (χ2n) is 6.04. The third-order valence-corrected chi connectivity index (χ3v) is 4.02. The van der Waals surface area contributed by atoms with Gasteiger partial charge in [-0.25, -0.2) is 4.79 Å². The normalized spacial score (nSPS) is 19.7. The van der Waals surface area contributed by atoms with Crippen LogP contribution in [0.15, 0.2) is 12.1 Å². The third-order valence-electron chi connectivity index (χ3n) is 4.02. The van der Waals surface area contributed by atoms with Gasteiger partial charge in [0.1, 0.15) is 11.3 Å². The minimum Gasteiger partial charge on any atom is -0.496 e.